The van der Waals surface area contributed by atoms with Crippen LogP contribution in [-0.2, 0) is 4.79 Å². The van der Waals surface area contributed by atoms with E-state index >= 15 is 0 Å². The molecule has 0 atom stereocenters. The summed E-state index contributed by atoms with van der Waals surface area (Å²) in [5, 5.41) is 13.5. The summed E-state index contributed by atoms with van der Waals surface area (Å²) in [7, 11) is 1.44. The fraction of sp³-hybridized carbons (Fsp3) is 0.190. The molecule has 3 rings (SSSR count). The Balaban J connectivity index is 1.71. The molecule has 0 unspecified atom stereocenters. The van der Waals surface area contributed by atoms with Gasteiger partial charge in [-0.2, -0.15) is 5.10 Å². The van der Waals surface area contributed by atoms with Gasteiger partial charge in [-0.25, -0.2) is 10.2 Å². The maximum absolute atomic E-state index is 12.4. The zero-order chi connectivity index (χ0) is 22.4. The van der Waals surface area contributed by atoms with Gasteiger partial charge in [0.05, 0.1) is 23.5 Å². The average Bonchev–Trinajstić information content (AvgIpc) is 3.16. The molecule has 2 N–H and O–H groups in total. The van der Waals surface area contributed by atoms with Crippen LogP contribution in [0.2, 0.25) is 0 Å². The lowest BCUT2D eigenvalue weighted by molar-refractivity contribution is -0.139. The second kappa shape index (κ2) is 10.2. The van der Waals surface area contributed by atoms with Crippen LogP contribution in [0.1, 0.15) is 23.0 Å². The Bertz CT molecular complexity index is 1140. The number of furan rings is 1. The number of hydrogen-bond donors (Lipinski definition) is 2. The van der Waals surface area contributed by atoms with Crippen molar-refractivity contribution in [3.63, 3.8) is 0 Å². The third kappa shape index (κ3) is 5.66. The summed E-state index contributed by atoms with van der Waals surface area (Å²) in [5.74, 6) is -0.117. The number of aliphatic carboxylic acids is 1. The molecule has 0 spiro atoms. The third-order valence-corrected chi connectivity index (χ3v) is 4.80. The Hall–Kier alpha value is -3.28. The number of carbonyl (C=O) groups is 2. The van der Waals surface area contributed by atoms with Gasteiger partial charge in [0.1, 0.15) is 11.3 Å². The van der Waals surface area contributed by atoms with Crippen molar-refractivity contribution >= 4 is 51.7 Å². The van der Waals surface area contributed by atoms with Crippen LogP contribution < -0.4 is 19.6 Å². The van der Waals surface area contributed by atoms with E-state index in [-0.39, 0.29) is 5.76 Å². The van der Waals surface area contributed by atoms with Crippen molar-refractivity contribution in [3.05, 3.63) is 51.3 Å². The molecule has 1 amide bonds. The van der Waals surface area contributed by atoms with Gasteiger partial charge in [0.15, 0.2) is 23.9 Å². The summed E-state index contributed by atoms with van der Waals surface area (Å²) in [5.41, 5.74) is 3.60. The van der Waals surface area contributed by atoms with Crippen molar-refractivity contribution in [2.24, 2.45) is 5.10 Å². The lowest BCUT2D eigenvalue weighted by atomic mass is 10.2. The fourth-order valence-corrected chi connectivity index (χ4v) is 3.48. The predicted octanol–water partition coefficient (Wildman–Crippen LogP) is 3.67. The number of rotatable bonds is 9. The minimum absolute atomic E-state index is 0.116. The number of hydrogen-bond acceptors (Lipinski definition) is 7. The van der Waals surface area contributed by atoms with Crippen LogP contribution >= 0.6 is 22.6 Å². The molecule has 0 saturated carbocycles. The van der Waals surface area contributed by atoms with Gasteiger partial charge in [-0.1, -0.05) is 0 Å². The number of amides is 1. The van der Waals surface area contributed by atoms with E-state index in [9.17, 15) is 9.59 Å². The second-order valence-electron chi connectivity index (χ2n) is 6.16. The number of hydrazone groups is 1. The second-order valence-corrected chi connectivity index (χ2v) is 7.32. The van der Waals surface area contributed by atoms with Crippen molar-refractivity contribution in [1.82, 2.24) is 5.43 Å². The van der Waals surface area contributed by atoms with Gasteiger partial charge in [0.25, 0.3) is 0 Å². The Morgan fingerprint density at radius 1 is 1.23 bits per heavy atom. The van der Waals surface area contributed by atoms with Gasteiger partial charge in [0, 0.05) is 5.39 Å². The van der Waals surface area contributed by atoms with Crippen molar-refractivity contribution < 1.29 is 33.3 Å². The van der Waals surface area contributed by atoms with E-state index in [1.807, 2.05) is 29.5 Å². The van der Waals surface area contributed by atoms with Gasteiger partial charge >= 0.3 is 11.9 Å². The summed E-state index contributed by atoms with van der Waals surface area (Å²) in [6.07, 6.45) is 1.43. The van der Waals surface area contributed by atoms with E-state index in [2.05, 4.69) is 10.5 Å². The Morgan fingerprint density at radius 3 is 2.74 bits per heavy atom. The van der Waals surface area contributed by atoms with Gasteiger partial charge in [0.2, 0.25) is 0 Å². The van der Waals surface area contributed by atoms with Crippen LogP contribution in [-0.4, -0.2) is 43.5 Å². The fourth-order valence-electron chi connectivity index (χ4n) is 2.70. The van der Waals surface area contributed by atoms with Crippen LogP contribution in [0.15, 0.2) is 45.9 Å². The van der Waals surface area contributed by atoms with Gasteiger partial charge in [-0.3, -0.25) is 4.79 Å². The highest BCUT2D eigenvalue weighted by Gasteiger charge is 2.14. The number of carbonyl (C=O) groups excluding carboxylic acids is 1. The molecule has 0 radical (unpaired) electrons. The van der Waals surface area contributed by atoms with E-state index in [0.717, 1.165) is 5.39 Å². The molecule has 162 valence electrons. The maximum atomic E-state index is 12.4. The first kappa shape index (κ1) is 22.4. The highest BCUT2D eigenvalue weighted by molar-refractivity contribution is 14.1. The molecule has 0 aliphatic heterocycles. The number of ether oxygens (including phenoxy) is 3. The standard InChI is InChI=1S/C21H19IN2O7/c1-3-29-14-4-5-16-13(8-14)9-18(31-16)21(27)24-23-10-12-6-15(22)20(17(7-12)28-2)30-11-19(25)26/h4-10H,3,11H2,1-2H3,(H,24,27)(H,25,26)/b23-10+. The Kier molecular flexibility index (Phi) is 7.34. The minimum atomic E-state index is -1.09. The largest absolute Gasteiger partial charge is 0.494 e. The molecule has 1 aromatic heterocycles. The molecule has 0 fully saturated rings. The number of carboxylic acid groups (broad SMARTS) is 1. The van der Waals surface area contributed by atoms with Crippen molar-refractivity contribution in [2.45, 2.75) is 6.92 Å². The number of methoxy groups -OCH3 is 1. The molecule has 0 aliphatic rings. The minimum Gasteiger partial charge on any atom is -0.494 e. The summed E-state index contributed by atoms with van der Waals surface area (Å²) >= 11 is 2.00. The molecular formula is C21H19IN2O7. The molecule has 0 saturated heterocycles. The normalized spacial score (nSPS) is 10.9. The molecule has 1 heterocycles. The third-order valence-electron chi connectivity index (χ3n) is 3.99. The van der Waals surface area contributed by atoms with E-state index in [0.29, 0.717) is 38.6 Å². The number of fused-ring (bicyclic) bond motifs is 1. The Morgan fingerprint density at radius 2 is 2.03 bits per heavy atom. The average molecular weight is 538 g/mol. The van der Waals surface area contributed by atoms with E-state index in [1.165, 1.54) is 13.3 Å². The molecule has 0 aliphatic carbocycles. The quantitative estimate of drug-likeness (QED) is 0.243. The molecule has 3 aromatic rings. The monoisotopic (exact) mass is 538 g/mol. The Labute approximate surface area is 191 Å². The molecule has 10 heteroatoms. The van der Waals surface area contributed by atoms with Crippen LogP contribution in [0.25, 0.3) is 11.0 Å². The zero-order valence-corrected chi connectivity index (χ0v) is 18.8. The highest BCUT2D eigenvalue weighted by atomic mass is 127. The molecular weight excluding hydrogens is 519 g/mol. The summed E-state index contributed by atoms with van der Waals surface area (Å²) in [6, 6.07) is 10.3. The van der Waals surface area contributed by atoms with Crippen LogP contribution in [0.3, 0.4) is 0 Å². The topological polar surface area (TPSA) is 120 Å². The van der Waals surface area contributed by atoms with Crippen LogP contribution in [0.4, 0.5) is 0 Å². The van der Waals surface area contributed by atoms with Gasteiger partial charge in [-0.05, 0) is 71.5 Å². The van der Waals surface area contributed by atoms with Crippen molar-refractivity contribution in [1.29, 1.82) is 0 Å². The molecule has 31 heavy (non-hydrogen) atoms. The van der Waals surface area contributed by atoms with Crippen molar-refractivity contribution in [3.8, 4) is 17.2 Å². The highest BCUT2D eigenvalue weighted by Crippen LogP contribution is 2.33. The SMILES string of the molecule is CCOc1ccc2oc(C(=O)N/N=C/c3cc(I)c(OCC(=O)O)c(OC)c3)cc2c1. The number of halogens is 1. The number of nitrogens with one attached hydrogen (secondary N) is 1. The van der Waals surface area contributed by atoms with Gasteiger partial charge < -0.3 is 23.7 Å². The van der Waals surface area contributed by atoms with E-state index in [4.69, 9.17) is 23.7 Å². The zero-order valence-electron chi connectivity index (χ0n) is 16.7. The molecule has 0 bridgehead atoms. The summed E-state index contributed by atoms with van der Waals surface area (Å²) in [4.78, 5) is 23.1. The predicted molar refractivity (Wildman–Crippen MR) is 121 cm³/mol. The smallest absolute Gasteiger partial charge is 0.341 e. The first-order valence-electron chi connectivity index (χ1n) is 9.13. The lowest BCUT2D eigenvalue weighted by Gasteiger charge is -2.12. The van der Waals surface area contributed by atoms with E-state index in [1.54, 1.807) is 36.4 Å². The number of carboxylic acids is 1. The molecule has 9 nitrogen and oxygen atoms in total. The number of benzene rings is 2. The van der Waals surface area contributed by atoms with Crippen LogP contribution in [0.5, 0.6) is 17.2 Å². The first-order chi connectivity index (χ1) is 14.9. The summed E-state index contributed by atoms with van der Waals surface area (Å²) in [6.45, 7) is 1.95. The number of nitrogens with zero attached hydrogens (tertiary/aromatic N) is 1. The lowest BCUT2D eigenvalue weighted by Crippen LogP contribution is -2.16. The molecule has 2 aromatic carbocycles. The summed E-state index contributed by atoms with van der Waals surface area (Å²) < 4.78 is 22.2. The van der Waals surface area contributed by atoms with E-state index < -0.39 is 18.5 Å². The van der Waals surface area contributed by atoms with Crippen LogP contribution in [0, 0.1) is 3.57 Å². The maximum Gasteiger partial charge on any atom is 0.341 e. The van der Waals surface area contributed by atoms with Crippen molar-refractivity contribution in [2.75, 3.05) is 20.3 Å². The first-order valence-corrected chi connectivity index (χ1v) is 10.2. The van der Waals surface area contributed by atoms with Gasteiger partial charge in [-0.15, -0.1) is 0 Å².